The predicted molar refractivity (Wildman–Crippen MR) is 101 cm³/mol. The first-order chi connectivity index (χ1) is 12.8. The predicted octanol–water partition coefficient (Wildman–Crippen LogP) is 1.07. The van der Waals surface area contributed by atoms with Crippen molar-refractivity contribution in [2.45, 2.75) is 65.0 Å². The normalized spacial score (nSPS) is 18.0. The first kappa shape index (κ1) is 18.7. The zero-order chi connectivity index (χ0) is 18.2. The molecule has 0 aliphatic carbocycles. The van der Waals surface area contributed by atoms with Gasteiger partial charge in [-0.2, -0.15) is 0 Å². The number of hydrogen-bond donors (Lipinski definition) is 2. The molecule has 0 atom stereocenters. The van der Waals surface area contributed by atoms with Crippen molar-refractivity contribution in [1.29, 1.82) is 0 Å². The minimum Gasteiger partial charge on any atom is -0.357 e. The summed E-state index contributed by atoms with van der Waals surface area (Å²) in [5.41, 5.74) is 0. The van der Waals surface area contributed by atoms with Crippen molar-refractivity contribution >= 4 is 11.9 Å². The van der Waals surface area contributed by atoms with E-state index in [9.17, 15) is 4.79 Å². The molecule has 1 saturated heterocycles. The average Bonchev–Trinajstić information content (AvgIpc) is 3.14. The molecular formula is C18H31N7O. The summed E-state index contributed by atoms with van der Waals surface area (Å²) in [6, 6.07) is 0. The van der Waals surface area contributed by atoms with Gasteiger partial charge >= 0.3 is 0 Å². The number of nitrogens with one attached hydrogen (secondary N) is 2. The summed E-state index contributed by atoms with van der Waals surface area (Å²) in [6.07, 6.45) is 7.30. The van der Waals surface area contributed by atoms with Crippen molar-refractivity contribution in [2.24, 2.45) is 4.99 Å². The van der Waals surface area contributed by atoms with Gasteiger partial charge in [0.2, 0.25) is 5.91 Å². The molecule has 2 aliphatic heterocycles. The maximum absolute atomic E-state index is 11.6. The van der Waals surface area contributed by atoms with Gasteiger partial charge in [-0.25, -0.2) is 4.99 Å². The lowest BCUT2D eigenvalue weighted by Gasteiger charge is -2.16. The van der Waals surface area contributed by atoms with Crippen molar-refractivity contribution in [3.63, 3.8) is 0 Å². The molecule has 3 rings (SSSR count). The minimum absolute atomic E-state index is 0.290. The third kappa shape index (κ3) is 4.95. The van der Waals surface area contributed by atoms with E-state index in [1.54, 1.807) is 0 Å². The summed E-state index contributed by atoms with van der Waals surface area (Å²) in [4.78, 5) is 18.3. The Labute approximate surface area is 155 Å². The van der Waals surface area contributed by atoms with E-state index in [0.717, 1.165) is 69.6 Å². The van der Waals surface area contributed by atoms with E-state index in [1.165, 1.54) is 19.3 Å². The number of rotatable bonds is 7. The van der Waals surface area contributed by atoms with Crippen LogP contribution >= 0.6 is 0 Å². The highest BCUT2D eigenvalue weighted by molar-refractivity contribution is 5.79. The Kier molecular flexibility index (Phi) is 6.85. The number of hydrogen-bond acceptors (Lipinski definition) is 4. The molecule has 144 valence electrons. The fourth-order valence-electron chi connectivity index (χ4n) is 3.57. The van der Waals surface area contributed by atoms with Crippen LogP contribution in [0.5, 0.6) is 0 Å². The van der Waals surface area contributed by atoms with Gasteiger partial charge in [-0.05, 0) is 32.6 Å². The molecule has 2 aliphatic rings. The minimum atomic E-state index is 0.290. The van der Waals surface area contributed by atoms with Gasteiger partial charge in [-0.1, -0.05) is 6.42 Å². The van der Waals surface area contributed by atoms with E-state index in [-0.39, 0.29) is 5.91 Å². The Morgan fingerprint density at radius 3 is 2.85 bits per heavy atom. The smallest absolute Gasteiger partial charge is 0.222 e. The van der Waals surface area contributed by atoms with E-state index in [2.05, 4.69) is 37.3 Å². The lowest BCUT2D eigenvalue weighted by Crippen LogP contribution is -2.39. The molecular weight excluding hydrogens is 330 g/mol. The molecule has 1 amide bonds. The molecule has 26 heavy (non-hydrogen) atoms. The van der Waals surface area contributed by atoms with E-state index in [0.29, 0.717) is 13.0 Å². The number of aliphatic imine (C=N–C) groups is 1. The number of aromatic nitrogens is 3. The summed E-state index contributed by atoms with van der Waals surface area (Å²) < 4.78 is 2.24. The summed E-state index contributed by atoms with van der Waals surface area (Å²) in [7, 11) is 0. The van der Waals surface area contributed by atoms with Crippen LogP contribution in [0.1, 0.15) is 57.1 Å². The van der Waals surface area contributed by atoms with Crippen LogP contribution in [0, 0.1) is 0 Å². The molecule has 0 spiro atoms. The topological polar surface area (TPSA) is 87.4 Å². The molecule has 1 aromatic heterocycles. The van der Waals surface area contributed by atoms with Gasteiger partial charge in [0.25, 0.3) is 0 Å². The van der Waals surface area contributed by atoms with E-state index in [1.807, 2.05) is 4.90 Å². The van der Waals surface area contributed by atoms with Crippen LogP contribution in [0.25, 0.3) is 0 Å². The summed E-state index contributed by atoms with van der Waals surface area (Å²) >= 11 is 0. The van der Waals surface area contributed by atoms with E-state index < -0.39 is 0 Å². The molecule has 8 nitrogen and oxygen atoms in total. The van der Waals surface area contributed by atoms with Crippen LogP contribution in [-0.4, -0.2) is 57.7 Å². The number of carbonyl (C=O) groups is 1. The SMILES string of the molecule is CCNC(=NCc1nnc2n1CCCCC2)NCCCN1CCCC1=O. The van der Waals surface area contributed by atoms with Crippen molar-refractivity contribution in [3.05, 3.63) is 11.6 Å². The number of fused-ring (bicyclic) bond motifs is 1. The number of aryl methyl sites for hydroxylation is 1. The zero-order valence-corrected chi connectivity index (χ0v) is 15.8. The lowest BCUT2D eigenvalue weighted by atomic mass is 10.2. The van der Waals surface area contributed by atoms with Crippen LogP contribution in [0.4, 0.5) is 0 Å². The highest BCUT2D eigenvalue weighted by Gasteiger charge is 2.19. The second kappa shape index (κ2) is 9.54. The van der Waals surface area contributed by atoms with Gasteiger partial charge < -0.3 is 20.1 Å². The van der Waals surface area contributed by atoms with Crippen LogP contribution < -0.4 is 10.6 Å². The second-order valence-corrected chi connectivity index (χ2v) is 6.95. The standard InChI is InChI=1S/C18H31N7O/c1-2-19-18(20-10-7-12-24-11-6-9-17(24)26)21-14-16-23-22-15-8-4-3-5-13-25(15)16/h2-14H2,1H3,(H2,19,20,21). The molecule has 2 N–H and O–H groups in total. The first-order valence-electron chi connectivity index (χ1n) is 9.99. The van der Waals surface area contributed by atoms with Gasteiger partial charge in [0.15, 0.2) is 11.8 Å². The number of guanidine groups is 1. The fraction of sp³-hybridized carbons (Fsp3) is 0.778. The Morgan fingerprint density at radius 2 is 2.04 bits per heavy atom. The third-order valence-electron chi connectivity index (χ3n) is 4.98. The number of nitrogens with zero attached hydrogens (tertiary/aromatic N) is 5. The number of amides is 1. The second-order valence-electron chi connectivity index (χ2n) is 6.95. The maximum atomic E-state index is 11.6. The Morgan fingerprint density at radius 1 is 1.12 bits per heavy atom. The fourth-order valence-corrected chi connectivity index (χ4v) is 3.57. The van der Waals surface area contributed by atoms with Crippen LogP contribution in [0.2, 0.25) is 0 Å². The molecule has 0 radical (unpaired) electrons. The van der Waals surface area contributed by atoms with Gasteiger partial charge in [0, 0.05) is 45.6 Å². The highest BCUT2D eigenvalue weighted by Crippen LogP contribution is 2.14. The number of likely N-dealkylation sites (tertiary alicyclic amines) is 1. The molecule has 8 heteroatoms. The Balaban J connectivity index is 1.49. The quantitative estimate of drug-likeness (QED) is 0.431. The largest absolute Gasteiger partial charge is 0.357 e. The van der Waals surface area contributed by atoms with Gasteiger partial charge in [0.1, 0.15) is 12.4 Å². The number of carbonyl (C=O) groups excluding carboxylic acids is 1. The van der Waals surface area contributed by atoms with Crippen molar-refractivity contribution in [1.82, 2.24) is 30.3 Å². The first-order valence-corrected chi connectivity index (χ1v) is 9.99. The molecule has 1 fully saturated rings. The van der Waals surface area contributed by atoms with Crippen molar-refractivity contribution < 1.29 is 4.79 Å². The van der Waals surface area contributed by atoms with Crippen molar-refractivity contribution in [2.75, 3.05) is 26.2 Å². The molecule has 0 unspecified atom stereocenters. The highest BCUT2D eigenvalue weighted by atomic mass is 16.2. The third-order valence-corrected chi connectivity index (χ3v) is 4.98. The van der Waals surface area contributed by atoms with Gasteiger partial charge in [0.05, 0.1) is 0 Å². The molecule has 3 heterocycles. The van der Waals surface area contributed by atoms with E-state index >= 15 is 0 Å². The van der Waals surface area contributed by atoms with Crippen molar-refractivity contribution in [3.8, 4) is 0 Å². The lowest BCUT2D eigenvalue weighted by molar-refractivity contribution is -0.127. The average molecular weight is 361 g/mol. The molecule has 1 aromatic rings. The summed E-state index contributed by atoms with van der Waals surface area (Å²) in [5, 5.41) is 15.3. The van der Waals surface area contributed by atoms with Crippen LogP contribution in [0.15, 0.2) is 4.99 Å². The monoisotopic (exact) mass is 361 g/mol. The maximum Gasteiger partial charge on any atom is 0.222 e. The summed E-state index contributed by atoms with van der Waals surface area (Å²) in [6.45, 7) is 6.94. The molecule has 0 bridgehead atoms. The van der Waals surface area contributed by atoms with Gasteiger partial charge in [-0.3, -0.25) is 4.79 Å². The Bertz CT molecular complexity index is 625. The van der Waals surface area contributed by atoms with Gasteiger partial charge in [-0.15, -0.1) is 10.2 Å². The molecule has 0 aromatic carbocycles. The molecule has 0 saturated carbocycles. The Hall–Kier alpha value is -2.12. The van der Waals surface area contributed by atoms with Crippen LogP contribution in [0.3, 0.4) is 0 Å². The van der Waals surface area contributed by atoms with Crippen LogP contribution in [-0.2, 0) is 24.3 Å². The van der Waals surface area contributed by atoms with E-state index in [4.69, 9.17) is 0 Å². The summed E-state index contributed by atoms with van der Waals surface area (Å²) in [5.74, 6) is 3.13. The zero-order valence-electron chi connectivity index (χ0n) is 15.8.